The summed E-state index contributed by atoms with van der Waals surface area (Å²) >= 11 is 0. The smallest absolute Gasteiger partial charge is 0.345 e. The lowest BCUT2D eigenvalue weighted by atomic mass is 10.0. The van der Waals surface area contributed by atoms with Crippen molar-refractivity contribution in [2.45, 2.75) is 24.2 Å². The van der Waals surface area contributed by atoms with Crippen molar-refractivity contribution in [3.8, 4) is 0 Å². The van der Waals surface area contributed by atoms with E-state index in [9.17, 15) is 28.5 Å². The average molecular weight is 350 g/mol. The third kappa shape index (κ3) is 4.86. The van der Waals surface area contributed by atoms with Gasteiger partial charge in [-0.25, -0.2) is 0 Å². The van der Waals surface area contributed by atoms with Crippen LogP contribution in [0.15, 0.2) is 0 Å². The maximum absolute atomic E-state index is 11.5. The van der Waals surface area contributed by atoms with Crippen LogP contribution in [0.25, 0.3) is 0 Å². The van der Waals surface area contributed by atoms with E-state index >= 15 is 0 Å². The topological polar surface area (TPSA) is 199 Å². The first kappa shape index (κ1) is 20.2. The highest BCUT2D eigenvalue weighted by Crippen LogP contribution is 2.57. The van der Waals surface area contributed by atoms with E-state index in [2.05, 4.69) is 4.74 Å². The van der Waals surface area contributed by atoms with Crippen LogP contribution in [0.4, 0.5) is 0 Å². The van der Waals surface area contributed by atoms with Crippen molar-refractivity contribution in [2.75, 3.05) is 13.2 Å². The first-order valence-corrected chi connectivity index (χ1v) is 8.73. The molecule has 0 rings (SSSR count). The van der Waals surface area contributed by atoms with E-state index < -0.39 is 51.0 Å². The molecule has 0 radical (unpaired) electrons. The van der Waals surface area contributed by atoms with E-state index in [0.717, 1.165) is 0 Å². The normalized spacial score (nSPS) is 17.0. The van der Waals surface area contributed by atoms with Gasteiger partial charge in [0.1, 0.15) is 0 Å². The summed E-state index contributed by atoms with van der Waals surface area (Å²) in [7, 11) is -10.8. The van der Waals surface area contributed by atoms with E-state index in [-0.39, 0.29) is 6.61 Å². The number of ether oxygens (including phenoxy) is 1. The first-order valence-electron chi connectivity index (χ1n) is 5.44. The summed E-state index contributed by atoms with van der Waals surface area (Å²) in [5, 5.41) is 14.8. The van der Waals surface area contributed by atoms with Gasteiger partial charge in [0, 0.05) is 13.0 Å². The van der Waals surface area contributed by atoms with Crippen LogP contribution in [0.5, 0.6) is 0 Å². The first-order chi connectivity index (χ1) is 9.29. The minimum absolute atomic E-state index is 0.136. The Kier molecular flexibility index (Phi) is 6.71. The zero-order chi connectivity index (χ0) is 17.1. The molecule has 11 nitrogen and oxygen atoms in total. The Balaban J connectivity index is 5.91. The van der Waals surface area contributed by atoms with Crippen molar-refractivity contribution < 1.29 is 53.2 Å². The molecule has 2 unspecified atom stereocenters. The van der Waals surface area contributed by atoms with Gasteiger partial charge in [0.15, 0.2) is 10.8 Å². The summed E-state index contributed by atoms with van der Waals surface area (Å²) < 4.78 is 27.2. The van der Waals surface area contributed by atoms with Gasteiger partial charge in [-0.2, -0.15) is 0 Å². The second-order valence-electron chi connectivity index (χ2n) is 4.17. The molecule has 0 aliphatic heterocycles. The molecule has 0 bridgehead atoms. The van der Waals surface area contributed by atoms with E-state index in [1.165, 1.54) is 6.92 Å². The number of carboxylic acid groups (broad SMARTS) is 2. The van der Waals surface area contributed by atoms with Crippen LogP contribution in [0.2, 0.25) is 0 Å². The van der Waals surface area contributed by atoms with Crippen LogP contribution in [0, 0.1) is 0 Å². The highest BCUT2D eigenvalue weighted by Gasteiger charge is 2.58. The second-order valence-corrected chi connectivity index (χ2v) is 7.91. The van der Waals surface area contributed by atoms with Gasteiger partial charge in [0.05, 0.1) is 6.61 Å². The van der Waals surface area contributed by atoms with Crippen LogP contribution in [0.1, 0.15) is 13.3 Å². The highest BCUT2D eigenvalue weighted by atomic mass is 31.2. The summed E-state index contributed by atoms with van der Waals surface area (Å²) in [6, 6.07) is 0. The minimum Gasteiger partial charge on any atom is -0.481 e. The number of carbonyl (C=O) groups is 2. The zero-order valence-corrected chi connectivity index (χ0v) is 12.6. The predicted molar refractivity (Wildman–Crippen MR) is 67.0 cm³/mol. The van der Waals surface area contributed by atoms with Gasteiger partial charge >= 0.3 is 27.1 Å². The number of hydrogen-bond acceptors (Lipinski definition) is 5. The minimum atomic E-state index is -5.49. The third-order valence-electron chi connectivity index (χ3n) is 2.72. The summed E-state index contributed by atoms with van der Waals surface area (Å²) in [5.74, 6) is -4.18. The summed E-state index contributed by atoms with van der Waals surface area (Å²) in [4.78, 5) is 58.4. The van der Waals surface area contributed by atoms with Crippen LogP contribution >= 0.6 is 15.2 Å². The molecule has 13 heteroatoms. The van der Waals surface area contributed by atoms with Crippen molar-refractivity contribution in [3.63, 3.8) is 0 Å². The zero-order valence-electron chi connectivity index (χ0n) is 10.8. The average Bonchev–Trinajstić information content (AvgIpc) is 2.24. The maximum Gasteiger partial charge on any atom is 0.345 e. The van der Waals surface area contributed by atoms with E-state index in [4.69, 9.17) is 20.0 Å². The van der Waals surface area contributed by atoms with Crippen molar-refractivity contribution in [1.29, 1.82) is 0 Å². The molecule has 0 amide bonds. The Morgan fingerprint density at radius 1 is 1.14 bits per heavy atom. The Morgan fingerprint density at radius 2 is 1.62 bits per heavy atom. The van der Waals surface area contributed by atoms with Gasteiger partial charge in [-0.3, -0.25) is 18.7 Å². The quantitative estimate of drug-likeness (QED) is 0.280. The molecule has 124 valence electrons. The van der Waals surface area contributed by atoms with Gasteiger partial charge in [-0.15, -0.1) is 0 Å². The Labute approximate surface area is 118 Å². The molecule has 0 saturated heterocycles. The number of carboxylic acids is 2. The lowest BCUT2D eigenvalue weighted by molar-refractivity contribution is -0.143. The van der Waals surface area contributed by atoms with Gasteiger partial charge in [0.2, 0.25) is 0 Å². The van der Waals surface area contributed by atoms with Crippen molar-refractivity contribution in [3.05, 3.63) is 0 Å². The molecule has 0 aromatic carbocycles. The largest absolute Gasteiger partial charge is 0.481 e. The van der Waals surface area contributed by atoms with Gasteiger partial charge in [-0.1, -0.05) is 0 Å². The highest BCUT2D eigenvalue weighted by molar-refractivity contribution is 7.55. The molecule has 0 aliphatic rings. The molecule has 21 heavy (non-hydrogen) atoms. The fourth-order valence-corrected chi connectivity index (χ4v) is 3.39. The molecular formula is C8H16O11P2. The Morgan fingerprint density at radius 3 is 1.86 bits per heavy atom. The Bertz CT molecular complexity index is 490. The summed E-state index contributed by atoms with van der Waals surface area (Å²) in [6.07, 6.45) is -1.48. The van der Waals surface area contributed by atoms with Crippen molar-refractivity contribution in [2.24, 2.45) is 0 Å². The molecule has 0 aliphatic carbocycles. The lowest BCUT2D eigenvalue weighted by Crippen LogP contribution is -2.47. The molecule has 0 fully saturated rings. The summed E-state index contributed by atoms with van der Waals surface area (Å²) in [6.45, 7) is 0.166. The SMILES string of the molecule is CCOCC(CC(C(=O)O)P(=O)(O)O)(C(=O)O)P(=O)(O)O. The number of hydrogen-bond donors (Lipinski definition) is 6. The van der Waals surface area contributed by atoms with E-state index in [1.54, 1.807) is 0 Å². The van der Waals surface area contributed by atoms with Gasteiger partial charge in [0.25, 0.3) is 0 Å². The monoisotopic (exact) mass is 350 g/mol. The second kappa shape index (κ2) is 6.97. The van der Waals surface area contributed by atoms with Crippen molar-refractivity contribution in [1.82, 2.24) is 0 Å². The molecular weight excluding hydrogens is 334 g/mol. The van der Waals surface area contributed by atoms with E-state index in [1.807, 2.05) is 0 Å². The number of aliphatic carboxylic acids is 2. The third-order valence-corrected chi connectivity index (χ3v) is 5.56. The summed E-state index contributed by atoms with van der Waals surface area (Å²) in [5.41, 5.74) is -2.58. The standard InChI is InChI=1S/C8H16O11P2/c1-2-19-4-8(7(11)12,21(16,17)18)3-5(6(9)10)20(13,14)15/h5H,2-4H2,1H3,(H,9,10)(H,11,12)(H2,13,14,15)(H2,16,17,18). The van der Waals surface area contributed by atoms with E-state index in [0.29, 0.717) is 0 Å². The fraction of sp³-hybridized carbons (Fsp3) is 0.750. The molecule has 0 aromatic rings. The van der Waals surface area contributed by atoms with Gasteiger partial charge in [-0.05, 0) is 6.92 Å². The molecule has 6 N–H and O–H groups in total. The Hall–Kier alpha value is -0.800. The van der Waals surface area contributed by atoms with Crippen LogP contribution < -0.4 is 0 Å². The molecule has 0 spiro atoms. The fourth-order valence-electron chi connectivity index (χ4n) is 1.48. The predicted octanol–water partition coefficient (Wildman–Crippen LogP) is -0.955. The van der Waals surface area contributed by atoms with Crippen LogP contribution in [-0.2, 0) is 23.5 Å². The van der Waals surface area contributed by atoms with Crippen LogP contribution in [-0.4, -0.2) is 65.8 Å². The maximum atomic E-state index is 11.5. The van der Waals surface area contributed by atoms with Gasteiger partial charge < -0.3 is 34.5 Å². The number of rotatable bonds is 9. The lowest BCUT2D eigenvalue weighted by Gasteiger charge is -2.31. The van der Waals surface area contributed by atoms with Crippen molar-refractivity contribution >= 4 is 27.1 Å². The molecule has 0 aromatic heterocycles. The molecule has 2 atom stereocenters. The molecule has 0 heterocycles. The van der Waals surface area contributed by atoms with Crippen LogP contribution in [0.3, 0.4) is 0 Å². The molecule has 0 saturated carbocycles.